The minimum Gasteiger partial charge on any atom is -0.356 e. The Bertz CT molecular complexity index is 578. The third-order valence-electron chi connectivity index (χ3n) is 4.11. The van der Waals surface area contributed by atoms with Crippen molar-refractivity contribution in [1.82, 2.24) is 19.9 Å². The molecule has 112 valence electrons. The second kappa shape index (κ2) is 6.24. The molecular formula is C16H23N5. The molecule has 1 fully saturated rings. The average Bonchev–Trinajstić information content (AvgIpc) is 3.04. The minimum atomic E-state index is 0.471. The van der Waals surface area contributed by atoms with E-state index in [0.717, 1.165) is 43.4 Å². The number of aromatic amines is 1. The molecule has 0 aromatic carbocycles. The summed E-state index contributed by atoms with van der Waals surface area (Å²) in [6, 6.07) is 0. The van der Waals surface area contributed by atoms with Crippen molar-refractivity contribution >= 4 is 5.82 Å². The molecule has 5 nitrogen and oxygen atoms in total. The lowest BCUT2D eigenvalue weighted by Gasteiger charge is -2.34. The van der Waals surface area contributed by atoms with Crippen LogP contribution in [0.2, 0.25) is 0 Å². The Hall–Kier alpha value is -1.91. The number of hydrogen-bond acceptors (Lipinski definition) is 4. The van der Waals surface area contributed by atoms with E-state index in [4.69, 9.17) is 4.98 Å². The van der Waals surface area contributed by atoms with Crippen molar-refractivity contribution in [3.8, 4) is 0 Å². The molecule has 2 aromatic rings. The maximum absolute atomic E-state index is 4.72. The number of H-pyrrole nitrogens is 1. The summed E-state index contributed by atoms with van der Waals surface area (Å²) in [6.45, 7) is 6.23. The molecule has 1 atom stereocenters. The Kier molecular flexibility index (Phi) is 4.18. The first kappa shape index (κ1) is 14.0. The van der Waals surface area contributed by atoms with Crippen LogP contribution in [0.3, 0.4) is 0 Å². The first-order valence-electron chi connectivity index (χ1n) is 7.84. The summed E-state index contributed by atoms with van der Waals surface area (Å²) in [7, 11) is 0. The van der Waals surface area contributed by atoms with E-state index in [2.05, 4.69) is 26.8 Å². The van der Waals surface area contributed by atoms with Crippen LogP contribution in [0.15, 0.2) is 18.6 Å². The lowest BCUT2D eigenvalue weighted by atomic mass is 9.97. The van der Waals surface area contributed by atoms with Crippen LogP contribution in [0, 0.1) is 6.92 Å². The molecule has 0 radical (unpaired) electrons. The van der Waals surface area contributed by atoms with E-state index >= 15 is 0 Å². The molecule has 3 rings (SSSR count). The molecule has 0 amide bonds. The fraction of sp³-hybridized carbons (Fsp3) is 0.562. The number of piperidine rings is 1. The summed E-state index contributed by atoms with van der Waals surface area (Å²) < 4.78 is 0. The molecule has 5 heteroatoms. The standard InChI is InChI=1S/C16H23N5/c1-3-5-13-10-19-12(2)20-16(13)21-9-4-6-14(11-21)15-17-7-8-18-15/h7-8,10,14H,3-6,9,11H2,1-2H3,(H,17,18). The van der Waals surface area contributed by atoms with E-state index in [1.165, 1.54) is 18.4 Å². The van der Waals surface area contributed by atoms with Crippen molar-refractivity contribution < 1.29 is 0 Å². The van der Waals surface area contributed by atoms with E-state index < -0.39 is 0 Å². The van der Waals surface area contributed by atoms with Gasteiger partial charge in [0.15, 0.2) is 0 Å². The van der Waals surface area contributed by atoms with E-state index in [1.807, 2.05) is 25.5 Å². The molecular weight excluding hydrogens is 262 g/mol. The molecule has 0 saturated carbocycles. The zero-order chi connectivity index (χ0) is 14.7. The lowest BCUT2D eigenvalue weighted by molar-refractivity contribution is 0.490. The summed E-state index contributed by atoms with van der Waals surface area (Å²) in [5.41, 5.74) is 1.27. The third kappa shape index (κ3) is 3.06. The maximum atomic E-state index is 4.72. The van der Waals surface area contributed by atoms with E-state index in [9.17, 15) is 0 Å². The molecule has 0 aliphatic carbocycles. The Labute approximate surface area is 125 Å². The highest BCUT2D eigenvalue weighted by Gasteiger charge is 2.25. The number of anilines is 1. The molecule has 0 spiro atoms. The van der Waals surface area contributed by atoms with Gasteiger partial charge in [-0.15, -0.1) is 0 Å². The van der Waals surface area contributed by atoms with Crippen LogP contribution < -0.4 is 4.90 Å². The van der Waals surface area contributed by atoms with Crippen molar-refractivity contribution in [2.45, 2.75) is 45.4 Å². The molecule has 1 aliphatic heterocycles. The van der Waals surface area contributed by atoms with Crippen LogP contribution in [-0.2, 0) is 6.42 Å². The van der Waals surface area contributed by atoms with E-state index in [-0.39, 0.29) is 0 Å². The Balaban J connectivity index is 1.84. The summed E-state index contributed by atoms with van der Waals surface area (Å²) in [6.07, 6.45) is 10.3. The molecule has 0 bridgehead atoms. The first-order valence-corrected chi connectivity index (χ1v) is 7.84. The van der Waals surface area contributed by atoms with Gasteiger partial charge in [0.25, 0.3) is 0 Å². The largest absolute Gasteiger partial charge is 0.356 e. The lowest BCUT2D eigenvalue weighted by Crippen LogP contribution is -2.36. The van der Waals surface area contributed by atoms with Crippen molar-refractivity contribution in [3.63, 3.8) is 0 Å². The number of nitrogens with zero attached hydrogens (tertiary/aromatic N) is 4. The molecule has 2 aromatic heterocycles. The fourth-order valence-electron chi connectivity index (χ4n) is 3.10. The second-order valence-corrected chi connectivity index (χ2v) is 5.78. The smallest absolute Gasteiger partial charge is 0.135 e. The van der Waals surface area contributed by atoms with Crippen LogP contribution in [0.5, 0.6) is 0 Å². The van der Waals surface area contributed by atoms with Gasteiger partial charge in [0, 0.05) is 43.2 Å². The van der Waals surface area contributed by atoms with E-state index in [1.54, 1.807) is 0 Å². The van der Waals surface area contributed by atoms with Gasteiger partial charge in [0.2, 0.25) is 0 Å². The van der Waals surface area contributed by atoms with Gasteiger partial charge in [0.05, 0.1) is 0 Å². The topological polar surface area (TPSA) is 57.7 Å². The van der Waals surface area contributed by atoms with E-state index in [0.29, 0.717) is 5.92 Å². The Morgan fingerprint density at radius 3 is 3.05 bits per heavy atom. The van der Waals surface area contributed by atoms with Gasteiger partial charge in [-0.25, -0.2) is 15.0 Å². The van der Waals surface area contributed by atoms with Gasteiger partial charge in [-0.2, -0.15) is 0 Å². The predicted octanol–water partition coefficient (Wildman–Crippen LogP) is 2.84. The summed E-state index contributed by atoms with van der Waals surface area (Å²) in [5.74, 6) is 3.55. The molecule has 1 unspecified atom stereocenters. The summed E-state index contributed by atoms with van der Waals surface area (Å²) in [4.78, 5) is 19.2. The second-order valence-electron chi connectivity index (χ2n) is 5.78. The van der Waals surface area contributed by atoms with Gasteiger partial charge in [-0.1, -0.05) is 13.3 Å². The van der Waals surface area contributed by atoms with Crippen LogP contribution in [0.1, 0.15) is 49.3 Å². The van der Waals surface area contributed by atoms with Crippen LogP contribution >= 0.6 is 0 Å². The summed E-state index contributed by atoms with van der Waals surface area (Å²) in [5, 5.41) is 0. The molecule has 1 saturated heterocycles. The number of rotatable bonds is 4. The van der Waals surface area contributed by atoms with Gasteiger partial charge in [-0.3, -0.25) is 0 Å². The monoisotopic (exact) mass is 285 g/mol. The van der Waals surface area contributed by atoms with Crippen LogP contribution in [0.4, 0.5) is 5.82 Å². The average molecular weight is 285 g/mol. The Morgan fingerprint density at radius 2 is 2.29 bits per heavy atom. The zero-order valence-corrected chi connectivity index (χ0v) is 12.8. The molecule has 3 heterocycles. The van der Waals surface area contributed by atoms with Crippen molar-refractivity contribution in [2.75, 3.05) is 18.0 Å². The van der Waals surface area contributed by atoms with Gasteiger partial charge >= 0.3 is 0 Å². The highest BCUT2D eigenvalue weighted by Crippen LogP contribution is 2.29. The predicted molar refractivity (Wildman–Crippen MR) is 83.5 cm³/mol. The Morgan fingerprint density at radius 1 is 1.38 bits per heavy atom. The molecule has 1 aliphatic rings. The van der Waals surface area contributed by atoms with Crippen LogP contribution in [-0.4, -0.2) is 33.0 Å². The first-order chi connectivity index (χ1) is 10.3. The molecule has 21 heavy (non-hydrogen) atoms. The number of hydrogen-bond donors (Lipinski definition) is 1. The number of imidazole rings is 1. The minimum absolute atomic E-state index is 0.471. The fourth-order valence-corrected chi connectivity index (χ4v) is 3.10. The molecule has 1 N–H and O–H groups in total. The van der Waals surface area contributed by atoms with Crippen molar-refractivity contribution in [2.24, 2.45) is 0 Å². The maximum Gasteiger partial charge on any atom is 0.135 e. The number of aromatic nitrogens is 4. The third-order valence-corrected chi connectivity index (χ3v) is 4.11. The van der Waals surface area contributed by atoms with Crippen LogP contribution in [0.25, 0.3) is 0 Å². The number of aryl methyl sites for hydroxylation is 2. The summed E-state index contributed by atoms with van der Waals surface area (Å²) >= 11 is 0. The highest BCUT2D eigenvalue weighted by molar-refractivity contribution is 5.47. The zero-order valence-electron chi connectivity index (χ0n) is 12.8. The van der Waals surface area contributed by atoms with Crippen molar-refractivity contribution in [3.05, 3.63) is 35.8 Å². The van der Waals surface area contributed by atoms with Crippen molar-refractivity contribution in [1.29, 1.82) is 0 Å². The highest BCUT2D eigenvalue weighted by atomic mass is 15.2. The SMILES string of the molecule is CCCc1cnc(C)nc1N1CCCC(c2ncc[nH]2)C1. The van der Waals surface area contributed by atoms with Gasteiger partial charge in [-0.05, 0) is 26.2 Å². The number of nitrogens with one attached hydrogen (secondary N) is 1. The van der Waals surface area contributed by atoms with Gasteiger partial charge < -0.3 is 9.88 Å². The normalized spacial score (nSPS) is 19.0. The quantitative estimate of drug-likeness (QED) is 0.938. The van der Waals surface area contributed by atoms with Gasteiger partial charge in [0.1, 0.15) is 17.5 Å².